The molecule has 1 aliphatic heterocycles. The molecule has 19 heavy (non-hydrogen) atoms. The topological polar surface area (TPSA) is 52.5 Å². The van der Waals surface area contributed by atoms with Gasteiger partial charge in [0.25, 0.3) is 0 Å². The van der Waals surface area contributed by atoms with E-state index in [1.165, 1.54) is 18.4 Å². The fourth-order valence-electron chi connectivity index (χ4n) is 3.85. The molecule has 0 spiro atoms. The Labute approximate surface area is 114 Å². The minimum Gasteiger partial charge on any atom is -0.508 e. The maximum absolute atomic E-state index is 10.8. The van der Waals surface area contributed by atoms with Gasteiger partial charge in [0.05, 0.1) is 5.60 Å². The molecular formula is C16H23NO2. The maximum atomic E-state index is 10.8. The van der Waals surface area contributed by atoms with Crippen molar-refractivity contribution in [2.75, 3.05) is 6.54 Å². The summed E-state index contributed by atoms with van der Waals surface area (Å²) in [4.78, 5) is 0. The van der Waals surface area contributed by atoms with Crippen LogP contribution in [0.15, 0.2) is 24.3 Å². The highest BCUT2D eigenvalue weighted by Crippen LogP contribution is 2.41. The number of benzene rings is 1. The first-order valence-electron chi connectivity index (χ1n) is 7.41. The number of hydrogen-bond acceptors (Lipinski definition) is 3. The highest BCUT2D eigenvalue weighted by atomic mass is 16.3. The van der Waals surface area contributed by atoms with Crippen LogP contribution in [0.2, 0.25) is 0 Å². The van der Waals surface area contributed by atoms with Crippen LogP contribution in [0, 0.1) is 5.92 Å². The first-order valence-corrected chi connectivity index (χ1v) is 7.41. The second kappa shape index (κ2) is 5.14. The van der Waals surface area contributed by atoms with Gasteiger partial charge in [0.2, 0.25) is 0 Å². The van der Waals surface area contributed by atoms with Crippen LogP contribution in [0.25, 0.3) is 0 Å². The van der Waals surface area contributed by atoms with E-state index in [4.69, 9.17) is 0 Å². The van der Waals surface area contributed by atoms with E-state index in [0.717, 1.165) is 32.2 Å². The molecule has 3 unspecified atom stereocenters. The minimum atomic E-state index is -0.439. The van der Waals surface area contributed by atoms with Crippen molar-refractivity contribution in [3.05, 3.63) is 29.8 Å². The van der Waals surface area contributed by atoms with Crippen LogP contribution >= 0.6 is 0 Å². The summed E-state index contributed by atoms with van der Waals surface area (Å²) in [6.07, 6.45) is 6.33. The fourth-order valence-corrected chi connectivity index (χ4v) is 3.85. The lowest BCUT2D eigenvalue weighted by molar-refractivity contribution is -0.0850. The number of phenols is 1. The highest BCUT2D eigenvalue weighted by molar-refractivity contribution is 5.26. The molecule has 1 saturated carbocycles. The van der Waals surface area contributed by atoms with Crippen LogP contribution in [-0.2, 0) is 6.42 Å². The molecule has 104 valence electrons. The molecule has 3 heteroatoms. The molecular weight excluding hydrogens is 238 g/mol. The van der Waals surface area contributed by atoms with Crippen LogP contribution in [-0.4, -0.2) is 28.4 Å². The number of aliphatic hydroxyl groups is 1. The normalized spacial score (nSPS) is 34.8. The Balaban J connectivity index is 1.74. The van der Waals surface area contributed by atoms with Gasteiger partial charge in [-0.25, -0.2) is 0 Å². The molecule has 0 bridgehead atoms. The molecule has 3 nitrogen and oxygen atoms in total. The average molecular weight is 261 g/mol. The van der Waals surface area contributed by atoms with E-state index >= 15 is 0 Å². The third kappa shape index (κ3) is 2.63. The lowest BCUT2D eigenvalue weighted by atomic mass is 9.67. The van der Waals surface area contributed by atoms with Crippen molar-refractivity contribution in [2.24, 2.45) is 5.92 Å². The summed E-state index contributed by atoms with van der Waals surface area (Å²) < 4.78 is 0. The molecule has 2 fully saturated rings. The molecule has 1 saturated heterocycles. The van der Waals surface area contributed by atoms with E-state index in [9.17, 15) is 10.2 Å². The van der Waals surface area contributed by atoms with Gasteiger partial charge in [-0.3, -0.25) is 0 Å². The molecule has 1 aromatic rings. The Morgan fingerprint density at radius 3 is 2.74 bits per heavy atom. The average Bonchev–Trinajstić information content (AvgIpc) is 2.41. The maximum Gasteiger partial charge on any atom is 0.115 e. The van der Waals surface area contributed by atoms with Gasteiger partial charge in [0.15, 0.2) is 0 Å². The second-order valence-electron chi connectivity index (χ2n) is 6.14. The summed E-state index contributed by atoms with van der Waals surface area (Å²) in [5.74, 6) is 0.693. The second-order valence-corrected chi connectivity index (χ2v) is 6.14. The molecule has 1 aliphatic carbocycles. The van der Waals surface area contributed by atoms with Crippen LogP contribution in [0.5, 0.6) is 5.75 Å². The summed E-state index contributed by atoms with van der Waals surface area (Å²) in [5.41, 5.74) is 0.788. The molecule has 0 aromatic heterocycles. The van der Waals surface area contributed by atoms with Crippen molar-refractivity contribution in [3.63, 3.8) is 0 Å². The quantitative estimate of drug-likeness (QED) is 0.765. The Kier molecular flexibility index (Phi) is 3.50. The summed E-state index contributed by atoms with van der Waals surface area (Å²) in [6.45, 7) is 0.912. The Morgan fingerprint density at radius 1 is 1.16 bits per heavy atom. The van der Waals surface area contributed by atoms with Gasteiger partial charge in [0.1, 0.15) is 5.75 Å². The molecule has 1 aromatic carbocycles. The number of phenolic OH excluding ortho intramolecular Hbond substituents is 1. The third-order valence-corrected chi connectivity index (χ3v) is 4.91. The van der Waals surface area contributed by atoms with Crippen molar-refractivity contribution in [1.82, 2.24) is 5.32 Å². The van der Waals surface area contributed by atoms with Crippen molar-refractivity contribution >= 4 is 0 Å². The van der Waals surface area contributed by atoms with E-state index < -0.39 is 5.60 Å². The summed E-state index contributed by atoms with van der Waals surface area (Å²) in [6, 6.07) is 7.81. The molecule has 3 rings (SSSR count). The SMILES string of the molecule is Oc1ccc(CC2NCCC3(O)CCCCC23)cc1. The van der Waals surface area contributed by atoms with Gasteiger partial charge in [0, 0.05) is 12.0 Å². The standard InChI is InChI=1S/C16H23NO2/c18-13-6-4-12(5-7-13)11-15-14-3-1-2-8-16(14,19)9-10-17-15/h4-7,14-15,17-19H,1-3,8-11H2. The number of aromatic hydroxyl groups is 1. The molecule has 2 aliphatic rings. The number of hydrogen-bond donors (Lipinski definition) is 3. The summed E-state index contributed by atoms with van der Waals surface area (Å²) >= 11 is 0. The number of fused-ring (bicyclic) bond motifs is 1. The van der Waals surface area contributed by atoms with Gasteiger partial charge >= 0.3 is 0 Å². The number of piperidine rings is 1. The molecule has 1 heterocycles. The van der Waals surface area contributed by atoms with Crippen LogP contribution < -0.4 is 5.32 Å². The molecule has 0 amide bonds. The van der Waals surface area contributed by atoms with E-state index in [1.807, 2.05) is 12.1 Å². The predicted molar refractivity (Wildman–Crippen MR) is 75.1 cm³/mol. The fraction of sp³-hybridized carbons (Fsp3) is 0.625. The molecule has 3 N–H and O–H groups in total. The van der Waals surface area contributed by atoms with Crippen molar-refractivity contribution in [1.29, 1.82) is 0 Å². The Bertz CT molecular complexity index is 427. The zero-order chi connectivity index (χ0) is 13.3. The van der Waals surface area contributed by atoms with Gasteiger partial charge in [-0.2, -0.15) is 0 Å². The minimum absolute atomic E-state index is 0.314. The van der Waals surface area contributed by atoms with E-state index in [1.54, 1.807) is 12.1 Å². The Morgan fingerprint density at radius 2 is 1.95 bits per heavy atom. The van der Waals surface area contributed by atoms with Crippen molar-refractivity contribution < 1.29 is 10.2 Å². The number of nitrogens with one attached hydrogen (secondary N) is 1. The highest BCUT2D eigenvalue weighted by Gasteiger charge is 2.45. The van der Waals surface area contributed by atoms with Crippen LogP contribution in [0.1, 0.15) is 37.7 Å². The lowest BCUT2D eigenvalue weighted by Gasteiger charge is -2.48. The Hall–Kier alpha value is -1.06. The van der Waals surface area contributed by atoms with Gasteiger partial charge in [-0.05, 0) is 49.9 Å². The summed E-state index contributed by atoms with van der Waals surface area (Å²) in [5, 5.41) is 23.7. The van der Waals surface area contributed by atoms with E-state index in [0.29, 0.717) is 17.7 Å². The monoisotopic (exact) mass is 261 g/mol. The third-order valence-electron chi connectivity index (χ3n) is 4.91. The van der Waals surface area contributed by atoms with Crippen molar-refractivity contribution in [2.45, 2.75) is 50.2 Å². The van der Waals surface area contributed by atoms with Gasteiger partial charge in [-0.1, -0.05) is 25.0 Å². The molecule has 0 radical (unpaired) electrons. The predicted octanol–water partition coefficient (Wildman–Crippen LogP) is 2.22. The van der Waals surface area contributed by atoms with E-state index in [-0.39, 0.29) is 0 Å². The zero-order valence-electron chi connectivity index (χ0n) is 11.3. The first-order chi connectivity index (χ1) is 9.17. The number of rotatable bonds is 2. The van der Waals surface area contributed by atoms with E-state index in [2.05, 4.69) is 5.32 Å². The first kappa shape index (κ1) is 12.9. The molecule has 3 atom stereocenters. The van der Waals surface area contributed by atoms with Crippen LogP contribution in [0.4, 0.5) is 0 Å². The smallest absolute Gasteiger partial charge is 0.115 e. The lowest BCUT2D eigenvalue weighted by Crippen LogP contribution is -2.58. The zero-order valence-corrected chi connectivity index (χ0v) is 11.3. The van der Waals surface area contributed by atoms with Crippen molar-refractivity contribution in [3.8, 4) is 5.75 Å². The van der Waals surface area contributed by atoms with Crippen LogP contribution in [0.3, 0.4) is 0 Å². The largest absolute Gasteiger partial charge is 0.508 e. The van der Waals surface area contributed by atoms with Gasteiger partial charge in [-0.15, -0.1) is 0 Å². The van der Waals surface area contributed by atoms with Gasteiger partial charge < -0.3 is 15.5 Å². The summed E-state index contributed by atoms with van der Waals surface area (Å²) in [7, 11) is 0.